The Hall–Kier alpha value is -1.34. The lowest BCUT2D eigenvalue weighted by molar-refractivity contribution is 0.348. The van der Waals surface area contributed by atoms with Crippen molar-refractivity contribution >= 4 is 27.4 Å². The molecular weight excluding hydrogens is 348 g/mol. The first kappa shape index (κ1) is 20.7. The van der Waals surface area contributed by atoms with Gasteiger partial charge in [-0.15, -0.1) is 0 Å². The topological polar surface area (TPSA) is 83.4 Å². The molecule has 8 heteroatoms. The molecule has 1 heterocycles. The van der Waals surface area contributed by atoms with Crippen molar-refractivity contribution in [1.29, 1.82) is 0 Å². The van der Waals surface area contributed by atoms with Crippen LogP contribution in [0.15, 0.2) is 23.3 Å². The number of aliphatic imine (C=N–C) groups is 1. The summed E-state index contributed by atoms with van der Waals surface area (Å²) in [6, 6.07) is 3.72. The normalized spacial score (nSPS) is 13.0. The molecule has 2 N–H and O–H groups in total. The SMILES string of the molecule is CN=C(NCCc1ccc(Cl)nc1)NCC(C)(C)CCS(C)(=O)=O. The first-order valence-corrected chi connectivity index (χ1v) is 10.3. The molecule has 0 spiro atoms. The third-order valence-electron chi connectivity index (χ3n) is 3.60. The van der Waals surface area contributed by atoms with Gasteiger partial charge in [-0.1, -0.05) is 31.5 Å². The van der Waals surface area contributed by atoms with Crippen LogP contribution in [0.25, 0.3) is 0 Å². The maximum Gasteiger partial charge on any atom is 0.191 e. The molecule has 0 saturated carbocycles. The van der Waals surface area contributed by atoms with E-state index in [9.17, 15) is 8.42 Å². The van der Waals surface area contributed by atoms with E-state index in [2.05, 4.69) is 20.6 Å². The van der Waals surface area contributed by atoms with Crippen LogP contribution in [-0.2, 0) is 16.3 Å². The molecule has 1 aromatic rings. The summed E-state index contributed by atoms with van der Waals surface area (Å²) in [7, 11) is -1.23. The third kappa shape index (κ3) is 9.08. The Morgan fingerprint density at radius 1 is 1.33 bits per heavy atom. The van der Waals surface area contributed by atoms with Gasteiger partial charge < -0.3 is 10.6 Å². The van der Waals surface area contributed by atoms with Gasteiger partial charge in [0.1, 0.15) is 15.0 Å². The minimum Gasteiger partial charge on any atom is -0.356 e. The molecule has 0 aromatic carbocycles. The van der Waals surface area contributed by atoms with Crippen LogP contribution in [0.1, 0.15) is 25.8 Å². The molecule has 0 radical (unpaired) electrons. The van der Waals surface area contributed by atoms with E-state index in [0.29, 0.717) is 30.6 Å². The number of aromatic nitrogens is 1. The van der Waals surface area contributed by atoms with Crippen molar-refractivity contribution in [2.24, 2.45) is 10.4 Å². The van der Waals surface area contributed by atoms with Crippen LogP contribution < -0.4 is 10.6 Å². The Kier molecular flexibility index (Phi) is 7.96. The van der Waals surface area contributed by atoms with E-state index in [-0.39, 0.29) is 11.2 Å². The average Bonchev–Trinajstić information content (AvgIpc) is 2.50. The third-order valence-corrected chi connectivity index (χ3v) is 4.77. The molecule has 0 atom stereocenters. The van der Waals surface area contributed by atoms with E-state index in [1.807, 2.05) is 19.9 Å². The van der Waals surface area contributed by atoms with Gasteiger partial charge in [0.2, 0.25) is 0 Å². The summed E-state index contributed by atoms with van der Waals surface area (Å²) >= 11 is 5.76. The largest absolute Gasteiger partial charge is 0.356 e. The van der Waals surface area contributed by atoms with Crippen LogP contribution in [0.3, 0.4) is 0 Å². The molecule has 0 bridgehead atoms. The first-order chi connectivity index (χ1) is 11.1. The summed E-state index contributed by atoms with van der Waals surface area (Å²) < 4.78 is 22.6. The van der Waals surface area contributed by atoms with Gasteiger partial charge in [-0.25, -0.2) is 13.4 Å². The number of guanidine groups is 1. The lowest BCUT2D eigenvalue weighted by Crippen LogP contribution is -2.43. The molecule has 24 heavy (non-hydrogen) atoms. The highest BCUT2D eigenvalue weighted by Gasteiger charge is 2.20. The van der Waals surface area contributed by atoms with Crippen molar-refractivity contribution in [2.45, 2.75) is 26.7 Å². The molecule has 1 aromatic heterocycles. The molecule has 0 aliphatic heterocycles. The number of hydrogen-bond acceptors (Lipinski definition) is 4. The zero-order valence-electron chi connectivity index (χ0n) is 14.8. The molecule has 1 rings (SSSR count). The van der Waals surface area contributed by atoms with Gasteiger partial charge >= 0.3 is 0 Å². The monoisotopic (exact) mass is 374 g/mol. The maximum atomic E-state index is 11.3. The standard InChI is InChI=1S/C16H27ClN4O2S/c1-16(2,8-10-24(4,22)23)12-21-15(18-3)19-9-7-13-5-6-14(17)20-11-13/h5-6,11H,7-10,12H2,1-4H3,(H2,18,19,21). The minimum atomic E-state index is -2.94. The predicted octanol–water partition coefficient (Wildman–Crippen LogP) is 1.90. The number of sulfone groups is 1. The van der Waals surface area contributed by atoms with Crippen molar-refractivity contribution in [2.75, 3.05) is 32.1 Å². The first-order valence-electron chi connectivity index (χ1n) is 7.84. The van der Waals surface area contributed by atoms with E-state index < -0.39 is 9.84 Å². The lowest BCUT2D eigenvalue weighted by atomic mass is 9.90. The zero-order chi connectivity index (χ0) is 18.2. The summed E-state index contributed by atoms with van der Waals surface area (Å²) in [4.78, 5) is 8.23. The van der Waals surface area contributed by atoms with E-state index in [4.69, 9.17) is 11.6 Å². The van der Waals surface area contributed by atoms with Gasteiger partial charge in [0.15, 0.2) is 5.96 Å². The van der Waals surface area contributed by atoms with Gasteiger partial charge in [0, 0.05) is 32.6 Å². The minimum absolute atomic E-state index is 0.138. The molecule has 0 saturated heterocycles. The van der Waals surface area contributed by atoms with Crippen molar-refractivity contribution in [3.8, 4) is 0 Å². The molecule has 136 valence electrons. The van der Waals surface area contributed by atoms with Crippen LogP contribution >= 0.6 is 11.6 Å². The quantitative estimate of drug-likeness (QED) is 0.412. The number of nitrogens with zero attached hydrogens (tertiary/aromatic N) is 2. The molecule has 0 fully saturated rings. The summed E-state index contributed by atoms with van der Waals surface area (Å²) in [5, 5.41) is 6.97. The molecule has 0 unspecified atom stereocenters. The van der Waals surface area contributed by atoms with Crippen LogP contribution in [0.4, 0.5) is 0 Å². The van der Waals surface area contributed by atoms with Crippen molar-refractivity contribution in [3.05, 3.63) is 29.0 Å². The Morgan fingerprint density at radius 3 is 2.58 bits per heavy atom. The molecule has 0 amide bonds. The second-order valence-electron chi connectivity index (χ2n) is 6.64. The highest BCUT2D eigenvalue weighted by Crippen LogP contribution is 2.19. The molecule has 0 aliphatic carbocycles. The van der Waals surface area contributed by atoms with Crippen molar-refractivity contribution < 1.29 is 8.42 Å². The molecule has 6 nitrogen and oxygen atoms in total. The fourth-order valence-corrected chi connectivity index (χ4v) is 3.01. The summed E-state index contributed by atoms with van der Waals surface area (Å²) in [6.07, 6.45) is 4.44. The Morgan fingerprint density at radius 2 is 2.04 bits per heavy atom. The van der Waals surface area contributed by atoms with E-state index >= 15 is 0 Å². The van der Waals surface area contributed by atoms with Gasteiger partial charge in [0.25, 0.3) is 0 Å². The van der Waals surface area contributed by atoms with Gasteiger partial charge in [0.05, 0.1) is 5.75 Å². The number of nitrogens with one attached hydrogen (secondary N) is 2. The Bertz CT molecular complexity index is 643. The van der Waals surface area contributed by atoms with E-state index in [0.717, 1.165) is 12.0 Å². The van der Waals surface area contributed by atoms with Gasteiger partial charge in [-0.2, -0.15) is 0 Å². The van der Waals surface area contributed by atoms with Crippen LogP contribution in [0.2, 0.25) is 5.15 Å². The highest BCUT2D eigenvalue weighted by atomic mass is 35.5. The second-order valence-corrected chi connectivity index (χ2v) is 9.28. The fraction of sp³-hybridized carbons (Fsp3) is 0.625. The number of rotatable bonds is 8. The summed E-state index contributed by atoms with van der Waals surface area (Å²) in [5.41, 5.74) is 0.955. The molecule has 0 aliphatic rings. The average molecular weight is 375 g/mol. The smallest absolute Gasteiger partial charge is 0.191 e. The Balaban J connectivity index is 2.37. The predicted molar refractivity (Wildman–Crippen MR) is 100 cm³/mol. The highest BCUT2D eigenvalue weighted by molar-refractivity contribution is 7.90. The molecular formula is C16H27ClN4O2S. The number of hydrogen-bond donors (Lipinski definition) is 2. The summed E-state index contributed by atoms with van der Waals surface area (Å²) in [5.74, 6) is 0.890. The van der Waals surface area contributed by atoms with Crippen molar-refractivity contribution in [3.63, 3.8) is 0 Å². The maximum absolute atomic E-state index is 11.3. The lowest BCUT2D eigenvalue weighted by Gasteiger charge is -2.25. The Labute approximate surface area is 150 Å². The number of halogens is 1. The fourth-order valence-electron chi connectivity index (χ4n) is 1.97. The van der Waals surface area contributed by atoms with E-state index in [1.54, 1.807) is 19.3 Å². The van der Waals surface area contributed by atoms with Gasteiger partial charge in [-0.3, -0.25) is 4.99 Å². The van der Waals surface area contributed by atoms with E-state index in [1.165, 1.54) is 6.26 Å². The number of pyridine rings is 1. The van der Waals surface area contributed by atoms with Crippen LogP contribution in [0.5, 0.6) is 0 Å². The second kappa shape index (κ2) is 9.22. The van der Waals surface area contributed by atoms with Crippen molar-refractivity contribution in [1.82, 2.24) is 15.6 Å². The zero-order valence-corrected chi connectivity index (χ0v) is 16.3. The van der Waals surface area contributed by atoms with Gasteiger partial charge in [-0.05, 0) is 29.9 Å². The van der Waals surface area contributed by atoms with Crippen LogP contribution in [-0.4, -0.2) is 51.5 Å². The van der Waals surface area contributed by atoms with Crippen LogP contribution in [0, 0.1) is 5.41 Å². The summed E-state index contributed by atoms with van der Waals surface area (Å²) in [6.45, 7) is 5.44.